The summed E-state index contributed by atoms with van der Waals surface area (Å²) in [5, 5.41) is 12.2. The predicted octanol–water partition coefficient (Wildman–Crippen LogP) is 1.60. The highest BCUT2D eigenvalue weighted by Gasteiger charge is 2.09. The highest BCUT2D eigenvalue weighted by Crippen LogP contribution is 2.10. The number of aromatic nitrogens is 1. The van der Waals surface area contributed by atoms with Gasteiger partial charge in [0.2, 0.25) is 0 Å². The summed E-state index contributed by atoms with van der Waals surface area (Å²) >= 11 is 0. The molecule has 0 aromatic carbocycles. The summed E-state index contributed by atoms with van der Waals surface area (Å²) in [5.74, 6) is 0.239. The zero-order valence-corrected chi connectivity index (χ0v) is 11.9. The molecule has 1 rings (SSSR count). The molecule has 0 aliphatic carbocycles. The molecular weight excluding hydrogens is 242 g/mol. The third kappa shape index (κ3) is 5.26. The molecule has 0 bridgehead atoms. The van der Waals surface area contributed by atoms with Gasteiger partial charge in [0.1, 0.15) is 5.69 Å². The molecule has 1 amide bonds. The van der Waals surface area contributed by atoms with Gasteiger partial charge in [-0.15, -0.1) is 0 Å². The summed E-state index contributed by atoms with van der Waals surface area (Å²) in [5.41, 5.74) is 1.34. The number of rotatable bonds is 7. The molecule has 0 aliphatic rings. The predicted molar refractivity (Wildman–Crippen MR) is 76.2 cm³/mol. The molecule has 19 heavy (non-hydrogen) atoms. The first-order valence-corrected chi connectivity index (χ1v) is 6.57. The Balaban J connectivity index is 2.47. The monoisotopic (exact) mass is 265 g/mol. The molecule has 1 aromatic heterocycles. The highest BCUT2D eigenvalue weighted by molar-refractivity contribution is 5.92. The molecule has 0 radical (unpaired) electrons. The quantitative estimate of drug-likeness (QED) is 0.735. The lowest BCUT2D eigenvalue weighted by Crippen LogP contribution is -2.22. The zero-order chi connectivity index (χ0) is 14.3. The largest absolute Gasteiger partial charge is 0.396 e. The van der Waals surface area contributed by atoms with Gasteiger partial charge in [0.15, 0.2) is 0 Å². The fourth-order valence-corrected chi connectivity index (χ4v) is 1.66. The smallest absolute Gasteiger partial charge is 0.272 e. The van der Waals surface area contributed by atoms with E-state index in [4.69, 9.17) is 5.11 Å². The van der Waals surface area contributed by atoms with E-state index in [1.54, 1.807) is 26.4 Å². The van der Waals surface area contributed by atoms with Gasteiger partial charge in [0, 0.05) is 39.1 Å². The van der Waals surface area contributed by atoms with Crippen molar-refractivity contribution in [2.24, 2.45) is 5.92 Å². The van der Waals surface area contributed by atoms with E-state index >= 15 is 0 Å². The van der Waals surface area contributed by atoms with Crippen LogP contribution >= 0.6 is 0 Å². The Hall–Kier alpha value is -1.62. The summed E-state index contributed by atoms with van der Waals surface area (Å²) < 4.78 is 0. The van der Waals surface area contributed by atoms with E-state index in [9.17, 15) is 4.79 Å². The molecule has 0 saturated heterocycles. The van der Waals surface area contributed by atoms with Crippen LogP contribution in [-0.4, -0.2) is 48.1 Å². The van der Waals surface area contributed by atoms with Crippen LogP contribution in [0.5, 0.6) is 0 Å². The average molecular weight is 265 g/mol. The Bertz CT molecular complexity index is 407. The first-order valence-electron chi connectivity index (χ1n) is 6.57. The average Bonchev–Trinajstić information content (AvgIpc) is 2.42. The summed E-state index contributed by atoms with van der Waals surface area (Å²) in [6, 6.07) is 3.61. The Morgan fingerprint density at radius 2 is 2.26 bits per heavy atom. The van der Waals surface area contributed by atoms with Crippen molar-refractivity contribution < 1.29 is 9.90 Å². The van der Waals surface area contributed by atoms with Crippen LogP contribution in [0.25, 0.3) is 0 Å². The van der Waals surface area contributed by atoms with E-state index in [1.807, 2.05) is 13.0 Å². The van der Waals surface area contributed by atoms with Crippen LogP contribution in [0.4, 0.5) is 5.69 Å². The maximum absolute atomic E-state index is 11.8. The minimum absolute atomic E-state index is 0.0995. The fourth-order valence-electron chi connectivity index (χ4n) is 1.66. The number of hydrogen-bond acceptors (Lipinski definition) is 4. The number of aliphatic hydroxyl groups is 1. The van der Waals surface area contributed by atoms with Crippen LogP contribution in [0, 0.1) is 5.92 Å². The molecule has 106 valence electrons. The van der Waals surface area contributed by atoms with Gasteiger partial charge in [0.25, 0.3) is 5.91 Å². The van der Waals surface area contributed by atoms with Crippen molar-refractivity contribution in [3.8, 4) is 0 Å². The number of anilines is 1. The number of hydrogen-bond donors (Lipinski definition) is 2. The van der Waals surface area contributed by atoms with E-state index in [2.05, 4.69) is 10.3 Å². The molecule has 2 N–H and O–H groups in total. The summed E-state index contributed by atoms with van der Waals surface area (Å²) in [6.45, 7) is 3.08. The van der Waals surface area contributed by atoms with Gasteiger partial charge < -0.3 is 15.3 Å². The van der Waals surface area contributed by atoms with E-state index in [0.29, 0.717) is 11.6 Å². The van der Waals surface area contributed by atoms with Crippen LogP contribution in [0.2, 0.25) is 0 Å². The van der Waals surface area contributed by atoms with Crippen molar-refractivity contribution in [2.45, 2.75) is 19.8 Å². The fraction of sp³-hybridized carbons (Fsp3) is 0.571. The number of carbonyl (C=O) groups is 1. The maximum atomic E-state index is 11.8. The second kappa shape index (κ2) is 7.74. The van der Waals surface area contributed by atoms with Gasteiger partial charge in [-0.25, -0.2) is 0 Å². The molecule has 0 fully saturated rings. The van der Waals surface area contributed by atoms with Crippen LogP contribution in [0.1, 0.15) is 30.3 Å². The SMILES string of the molecule is CC(CO)CCCNc1ccnc(C(=O)N(C)C)c1. The Kier molecular flexibility index (Phi) is 6.29. The highest BCUT2D eigenvalue weighted by atomic mass is 16.3. The molecule has 0 saturated carbocycles. The molecule has 0 spiro atoms. The second-order valence-corrected chi connectivity index (χ2v) is 4.99. The van der Waals surface area contributed by atoms with E-state index in [1.165, 1.54) is 4.90 Å². The number of amides is 1. The molecule has 0 aliphatic heterocycles. The van der Waals surface area contributed by atoms with E-state index in [-0.39, 0.29) is 12.5 Å². The molecule has 1 heterocycles. The van der Waals surface area contributed by atoms with E-state index < -0.39 is 0 Å². The van der Waals surface area contributed by atoms with Crippen molar-refractivity contribution in [2.75, 3.05) is 32.6 Å². The Labute approximate surface area is 114 Å². The first-order chi connectivity index (χ1) is 9.04. The lowest BCUT2D eigenvalue weighted by molar-refractivity contribution is 0.0822. The third-order valence-electron chi connectivity index (χ3n) is 2.90. The standard InChI is InChI=1S/C14H23N3O2/c1-11(10-18)5-4-7-15-12-6-8-16-13(9-12)14(19)17(2)3/h6,8-9,11,18H,4-5,7,10H2,1-3H3,(H,15,16). The minimum Gasteiger partial charge on any atom is -0.396 e. The van der Waals surface area contributed by atoms with Gasteiger partial charge in [-0.2, -0.15) is 0 Å². The van der Waals surface area contributed by atoms with Gasteiger partial charge in [-0.05, 0) is 30.9 Å². The summed E-state index contributed by atoms with van der Waals surface area (Å²) in [7, 11) is 3.42. The van der Waals surface area contributed by atoms with Crippen LogP contribution in [0.15, 0.2) is 18.3 Å². The molecule has 1 unspecified atom stereocenters. The Morgan fingerprint density at radius 3 is 2.89 bits per heavy atom. The van der Waals surface area contributed by atoms with E-state index in [0.717, 1.165) is 25.1 Å². The molecule has 1 aromatic rings. The topological polar surface area (TPSA) is 65.5 Å². The number of nitrogens with zero attached hydrogens (tertiary/aromatic N) is 2. The third-order valence-corrected chi connectivity index (χ3v) is 2.90. The van der Waals surface area contributed by atoms with Gasteiger partial charge in [0.05, 0.1) is 0 Å². The molecule has 5 heteroatoms. The van der Waals surface area contributed by atoms with Crippen molar-refractivity contribution in [1.29, 1.82) is 0 Å². The summed E-state index contributed by atoms with van der Waals surface area (Å²) in [4.78, 5) is 17.3. The Morgan fingerprint density at radius 1 is 1.53 bits per heavy atom. The summed E-state index contributed by atoms with van der Waals surface area (Å²) in [6.07, 6.45) is 3.61. The minimum atomic E-state index is -0.0995. The number of carbonyl (C=O) groups excluding carboxylic acids is 1. The van der Waals surface area contributed by atoms with Gasteiger partial charge >= 0.3 is 0 Å². The second-order valence-electron chi connectivity index (χ2n) is 4.99. The first kappa shape index (κ1) is 15.4. The van der Waals surface area contributed by atoms with Crippen molar-refractivity contribution in [3.05, 3.63) is 24.0 Å². The molecule has 1 atom stereocenters. The van der Waals surface area contributed by atoms with Crippen molar-refractivity contribution in [1.82, 2.24) is 9.88 Å². The molecular formula is C14H23N3O2. The normalized spacial score (nSPS) is 12.0. The number of aliphatic hydroxyl groups excluding tert-OH is 1. The van der Waals surface area contributed by atoms with Crippen molar-refractivity contribution >= 4 is 11.6 Å². The maximum Gasteiger partial charge on any atom is 0.272 e. The lowest BCUT2D eigenvalue weighted by Gasteiger charge is -2.12. The van der Waals surface area contributed by atoms with Crippen LogP contribution in [-0.2, 0) is 0 Å². The zero-order valence-electron chi connectivity index (χ0n) is 11.9. The van der Waals surface area contributed by atoms with Crippen LogP contribution < -0.4 is 5.32 Å². The van der Waals surface area contributed by atoms with Gasteiger partial charge in [-0.3, -0.25) is 9.78 Å². The number of pyridine rings is 1. The lowest BCUT2D eigenvalue weighted by atomic mass is 10.1. The van der Waals surface area contributed by atoms with Gasteiger partial charge in [-0.1, -0.05) is 6.92 Å². The van der Waals surface area contributed by atoms with Crippen LogP contribution in [0.3, 0.4) is 0 Å². The molecule has 5 nitrogen and oxygen atoms in total. The number of nitrogens with one attached hydrogen (secondary N) is 1. The van der Waals surface area contributed by atoms with Crippen molar-refractivity contribution in [3.63, 3.8) is 0 Å².